The largest absolute Gasteiger partial charge is 0.467 e. The molecule has 88 valence electrons. The van der Waals surface area contributed by atoms with Crippen LogP contribution in [0.15, 0.2) is 12.4 Å². The van der Waals surface area contributed by atoms with Gasteiger partial charge in [0.25, 0.3) is 0 Å². The molecule has 1 unspecified atom stereocenters. The van der Waals surface area contributed by atoms with E-state index in [1.807, 2.05) is 13.8 Å². The summed E-state index contributed by atoms with van der Waals surface area (Å²) < 4.78 is 4.81. The van der Waals surface area contributed by atoms with Crippen molar-refractivity contribution < 1.29 is 9.53 Å². The van der Waals surface area contributed by atoms with Crippen molar-refractivity contribution in [2.45, 2.75) is 26.3 Å². The molecule has 0 radical (unpaired) electrons. The smallest absolute Gasteiger partial charge is 0.332 e. The first-order chi connectivity index (χ1) is 7.56. The quantitative estimate of drug-likeness (QED) is 0.764. The minimum Gasteiger partial charge on any atom is -0.467 e. The van der Waals surface area contributed by atoms with Crippen molar-refractivity contribution in [3.63, 3.8) is 0 Å². The van der Waals surface area contributed by atoms with E-state index in [2.05, 4.69) is 15.3 Å². The number of methoxy groups -OCH3 is 1. The minimum absolute atomic E-state index is 0.363. The molecule has 5 nitrogen and oxygen atoms in total. The maximum Gasteiger partial charge on any atom is 0.332 e. The van der Waals surface area contributed by atoms with Crippen LogP contribution in [0.5, 0.6) is 0 Å². The maximum absolute atomic E-state index is 11.8. The third kappa shape index (κ3) is 2.19. The first kappa shape index (κ1) is 12.6. The number of nitrogens with zero attached hydrogens (tertiary/aromatic N) is 2. The number of carbonyl (C=O) groups is 1. The molecular weight excluding hydrogens is 206 g/mol. The molecule has 16 heavy (non-hydrogen) atoms. The third-order valence-electron chi connectivity index (χ3n) is 2.48. The summed E-state index contributed by atoms with van der Waals surface area (Å²) in [6.07, 6.45) is 3.17. The molecule has 0 amide bonds. The Morgan fingerprint density at radius 1 is 1.50 bits per heavy atom. The molecule has 1 aromatic rings. The number of aromatic nitrogens is 2. The van der Waals surface area contributed by atoms with E-state index in [0.717, 1.165) is 5.69 Å². The molecule has 0 saturated carbocycles. The van der Waals surface area contributed by atoms with Crippen molar-refractivity contribution in [1.82, 2.24) is 15.3 Å². The molecule has 0 fully saturated rings. The monoisotopic (exact) mass is 223 g/mol. The highest BCUT2D eigenvalue weighted by atomic mass is 16.5. The molecule has 0 spiro atoms. The second kappa shape index (κ2) is 5.03. The second-order valence-corrected chi connectivity index (χ2v) is 3.64. The van der Waals surface area contributed by atoms with Gasteiger partial charge in [0, 0.05) is 12.4 Å². The summed E-state index contributed by atoms with van der Waals surface area (Å²) in [5.41, 5.74) is 0.377. The summed E-state index contributed by atoms with van der Waals surface area (Å²) >= 11 is 0. The molecule has 5 heteroatoms. The van der Waals surface area contributed by atoms with E-state index >= 15 is 0 Å². The lowest BCUT2D eigenvalue weighted by molar-refractivity contribution is -0.148. The van der Waals surface area contributed by atoms with Gasteiger partial charge in [0.1, 0.15) is 0 Å². The Balaban J connectivity index is 3.21. The van der Waals surface area contributed by atoms with Gasteiger partial charge in [-0.2, -0.15) is 0 Å². The molecule has 1 heterocycles. The summed E-state index contributed by atoms with van der Waals surface area (Å²) in [5.74, 6) is -0.363. The van der Waals surface area contributed by atoms with Crippen LogP contribution in [0.4, 0.5) is 0 Å². The van der Waals surface area contributed by atoms with Crippen molar-refractivity contribution in [2.24, 2.45) is 0 Å². The predicted molar refractivity (Wildman–Crippen MR) is 59.8 cm³/mol. The molecule has 0 aliphatic heterocycles. The van der Waals surface area contributed by atoms with Crippen molar-refractivity contribution in [3.8, 4) is 0 Å². The molecule has 0 aliphatic carbocycles. The highest BCUT2D eigenvalue weighted by Crippen LogP contribution is 2.21. The molecule has 1 atom stereocenters. The van der Waals surface area contributed by atoms with Crippen LogP contribution >= 0.6 is 0 Å². The average Bonchev–Trinajstić information content (AvgIpc) is 2.28. The van der Waals surface area contributed by atoms with E-state index in [0.29, 0.717) is 12.2 Å². The van der Waals surface area contributed by atoms with Crippen LogP contribution in [-0.4, -0.2) is 29.6 Å². The zero-order chi connectivity index (χ0) is 12.2. The van der Waals surface area contributed by atoms with Crippen molar-refractivity contribution in [1.29, 1.82) is 0 Å². The number of ether oxygens (including phenoxy) is 1. The first-order valence-corrected chi connectivity index (χ1v) is 5.17. The van der Waals surface area contributed by atoms with Gasteiger partial charge in [0.15, 0.2) is 5.54 Å². The van der Waals surface area contributed by atoms with E-state index in [4.69, 9.17) is 4.74 Å². The van der Waals surface area contributed by atoms with Gasteiger partial charge in [-0.25, -0.2) is 4.79 Å². The second-order valence-electron chi connectivity index (χ2n) is 3.64. The van der Waals surface area contributed by atoms with E-state index < -0.39 is 5.54 Å². The Kier molecular flexibility index (Phi) is 3.95. The Bertz CT molecular complexity index is 381. The zero-order valence-electron chi connectivity index (χ0n) is 10.1. The first-order valence-electron chi connectivity index (χ1n) is 5.17. The van der Waals surface area contributed by atoms with E-state index in [9.17, 15) is 4.79 Å². The fraction of sp³-hybridized carbons (Fsp3) is 0.545. The van der Waals surface area contributed by atoms with Crippen LogP contribution < -0.4 is 5.32 Å². The lowest BCUT2D eigenvalue weighted by Gasteiger charge is -2.27. The molecule has 0 bridgehead atoms. The SMILES string of the molecule is CCNC(C)(C(=O)OC)c1nccnc1C. The molecule has 0 aromatic carbocycles. The van der Waals surface area contributed by atoms with Gasteiger partial charge in [0.05, 0.1) is 18.5 Å². The van der Waals surface area contributed by atoms with Gasteiger partial charge >= 0.3 is 5.97 Å². The Morgan fingerprint density at radius 3 is 2.62 bits per heavy atom. The predicted octanol–water partition coefficient (Wildman–Crippen LogP) is 0.783. The summed E-state index contributed by atoms with van der Waals surface area (Å²) in [5, 5.41) is 3.09. The molecule has 1 rings (SSSR count). The average molecular weight is 223 g/mol. The highest BCUT2D eigenvalue weighted by molar-refractivity contribution is 5.81. The fourth-order valence-corrected chi connectivity index (χ4v) is 1.71. The molecular formula is C11H17N3O2. The van der Waals surface area contributed by atoms with Gasteiger partial charge in [-0.05, 0) is 20.4 Å². The van der Waals surface area contributed by atoms with E-state index in [-0.39, 0.29) is 5.97 Å². The number of carbonyl (C=O) groups excluding carboxylic acids is 1. The Hall–Kier alpha value is -1.49. The van der Waals surface area contributed by atoms with E-state index in [1.165, 1.54) is 7.11 Å². The lowest BCUT2D eigenvalue weighted by Crippen LogP contribution is -2.48. The molecule has 0 aliphatic rings. The van der Waals surface area contributed by atoms with E-state index in [1.54, 1.807) is 19.3 Å². The minimum atomic E-state index is -0.943. The van der Waals surface area contributed by atoms with Crippen LogP contribution in [0.2, 0.25) is 0 Å². The van der Waals surface area contributed by atoms with Crippen LogP contribution in [-0.2, 0) is 15.1 Å². The number of hydrogen-bond donors (Lipinski definition) is 1. The lowest BCUT2D eigenvalue weighted by atomic mass is 9.96. The van der Waals surface area contributed by atoms with Gasteiger partial charge in [-0.15, -0.1) is 0 Å². The standard InChI is InChI=1S/C11H17N3O2/c1-5-14-11(3,10(15)16-4)9-8(2)12-6-7-13-9/h6-7,14H,5H2,1-4H3. The molecule has 1 aromatic heterocycles. The van der Waals surface area contributed by atoms with Crippen LogP contribution in [0.1, 0.15) is 25.2 Å². The number of likely N-dealkylation sites (N-methyl/N-ethyl adjacent to an activating group) is 1. The molecule has 1 N–H and O–H groups in total. The van der Waals surface area contributed by atoms with Crippen molar-refractivity contribution in [3.05, 3.63) is 23.8 Å². The van der Waals surface area contributed by atoms with Crippen molar-refractivity contribution in [2.75, 3.05) is 13.7 Å². The van der Waals surface area contributed by atoms with Crippen LogP contribution in [0.3, 0.4) is 0 Å². The van der Waals surface area contributed by atoms with Gasteiger partial charge in [0.2, 0.25) is 0 Å². The third-order valence-corrected chi connectivity index (χ3v) is 2.48. The number of nitrogens with one attached hydrogen (secondary N) is 1. The van der Waals surface area contributed by atoms with Gasteiger partial charge < -0.3 is 4.74 Å². The Labute approximate surface area is 95.3 Å². The molecule has 0 saturated heterocycles. The highest BCUT2D eigenvalue weighted by Gasteiger charge is 2.38. The maximum atomic E-state index is 11.8. The number of aryl methyl sites for hydroxylation is 1. The number of esters is 1. The van der Waals surface area contributed by atoms with Crippen LogP contribution in [0.25, 0.3) is 0 Å². The Morgan fingerprint density at radius 2 is 2.12 bits per heavy atom. The summed E-state index contributed by atoms with van der Waals surface area (Å²) in [7, 11) is 1.36. The summed E-state index contributed by atoms with van der Waals surface area (Å²) in [4.78, 5) is 20.2. The van der Waals surface area contributed by atoms with Crippen LogP contribution in [0, 0.1) is 6.92 Å². The topological polar surface area (TPSA) is 64.1 Å². The summed E-state index contributed by atoms with van der Waals surface area (Å²) in [6, 6.07) is 0. The number of hydrogen-bond acceptors (Lipinski definition) is 5. The zero-order valence-corrected chi connectivity index (χ0v) is 10.1. The number of rotatable bonds is 4. The van der Waals surface area contributed by atoms with Crippen molar-refractivity contribution >= 4 is 5.97 Å². The van der Waals surface area contributed by atoms with Gasteiger partial charge in [-0.3, -0.25) is 15.3 Å². The fourth-order valence-electron chi connectivity index (χ4n) is 1.71. The normalized spacial score (nSPS) is 14.2. The summed E-state index contributed by atoms with van der Waals surface area (Å²) in [6.45, 7) is 6.13. The van der Waals surface area contributed by atoms with Gasteiger partial charge in [-0.1, -0.05) is 6.92 Å².